The summed E-state index contributed by atoms with van der Waals surface area (Å²) in [6.45, 7) is 2.08. The van der Waals surface area contributed by atoms with Crippen molar-refractivity contribution in [1.82, 2.24) is 10.2 Å². The Morgan fingerprint density at radius 3 is 2.17 bits per heavy atom. The number of ketones is 1. The third kappa shape index (κ3) is 4.92. The third-order valence-electron chi connectivity index (χ3n) is 5.31. The van der Waals surface area contributed by atoms with Crippen LogP contribution in [-0.2, 0) is 32.1 Å². The highest BCUT2D eigenvalue weighted by Crippen LogP contribution is 2.26. The molecule has 30 heavy (non-hydrogen) atoms. The summed E-state index contributed by atoms with van der Waals surface area (Å²) in [5.41, 5.74) is 6.88. The minimum absolute atomic E-state index is 0.111. The Morgan fingerprint density at radius 2 is 1.60 bits per heavy atom. The second kappa shape index (κ2) is 9.35. The Morgan fingerprint density at radius 1 is 1.03 bits per heavy atom. The molecule has 0 radical (unpaired) electrons. The molecule has 2 aromatic carbocycles. The molecule has 156 valence electrons. The zero-order chi connectivity index (χ0) is 21.7. The molecule has 1 saturated heterocycles. The van der Waals surface area contributed by atoms with Crippen LogP contribution in [0, 0.1) is 5.92 Å². The van der Waals surface area contributed by atoms with Gasteiger partial charge in [-0.05, 0) is 17.5 Å². The number of nitrogens with zero attached hydrogens (tertiary/aromatic N) is 1. The van der Waals surface area contributed by atoms with Gasteiger partial charge in [0.2, 0.25) is 17.6 Å². The van der Waals surface area contributed by atoms with Crippen molar-refractivity contribution in [2.75, 3.05) is 0 Å². The summed E-state index contributed by atoms with van der Waals surface area (Å²) in [6.07, 6.45) is 0.490. The van der Waals surface area contributed by atoms with Crippen LogP contribution in [0.5, 0.6) is 0 Å². The fourth-order valence-corrected chi connectivity index (χ4v) is 3.72. The second-order valence-electron chi connectivity index (χ2n) is 7.58. The zero-order valence-corrected chi connectivity index (χ0v) is 16.8. The second-order valence-corrected chi connectivity index (χ2v) is 7.58. The summed E-state index contributed by atoms with van der Waals surface area (Å²) < 4.78 is 0. The van der Waals surface area contributed by atoms with Gasteiger partial charge in [0.15, 0.2) is 0 Å². The first kappa shape index (κ1) is 21.2. The first-order valence-electron chi connectivity index (χ1n) is 9.89. The number of nitrogens with one attached hydrogen (secondary N) is 1. The largest absolute Gasteiger partial charge is 0.363 e. The van der Waals surface area contributed by atoms with Crippen LogP contribution in [0.2, 0.25) is 0 Å². The van der Waals surface area contributed by atoms with Crippen molar-refractivity contribution < 1.29 is 19.2 Å². The molecule has 1 fully saturated rings. The van der Waals surface area contributed by atoms with Crippen molar-refractivity contribution in [1.29, 1.82) is 0 Å². The van der Waals surface area contributed by atoms with Gasteiger partial charge in [-0.2, -0.15) is 0 Å². The minimum atomic E-state index is -1.10. The predicted octanol–water partition coefficient (Wildman–Crippen LogP) is 1.21. The standard InChI is InChI=1S/C23H25N3O4/c1-15-12-19(26(23(15)30)14-17-10-6-3-7-11-17)22(29)25-18(20(27)21(24)28)13-16-8-4-2-5-9-16/h2-11,15,18-19H,12-14H2,1H3,(H2,24,28)(H,25,29). The smallest absolute Gasteiger partial charge is 0.287 e. The van der Waals surface area contributed by atoms with E-state index in [-0.39, 0.29) is 18.2 Å². The summed E-state index contributed by atoms with van der Waals surface area (Å²) >= 11 is 0. The van der Waals surface area contributed by atoms with Crippen LogP contribution in [0.1, 0.15) is 24.5 Å². The normalized spacial score (nSPS) is 19.4. The highest BCUT2D eigenvalue weighted by molar-refractivity contribution is 6.38. The van der Waals surface area contributed by atoms with E-state index < -0.39 is 29.7 Å². The van der Waals surface area contributed by atoms with Gasteiger partial charge in [-0.15, -0.1) is 0 Å². The monoisotopic (exact) mass is 407 g/mol. The van der Waals surface area contributed by atoms with E-state index in [4.69, 9.17) is 5.73 Å². The van der Waals surface area contributed by atoms with E-state index in [2.05, 4.69) is 5.32 Å². The Labute approximate surface area is 175 Å². The van der Waals surface area contributed by atoms with Crippen LogP contribution < -0.4 is 11.1 Å². The number of primary amides is 1. The summed E-state index contributed by atoms with van der Waals surface area (Å²) in [7, 11) is 0. The van der Waals surface area contributed by atoms with E-state index in [1.807, 2.05) is 48.5 Å². The zero-order valence-electron chi connectivity index (χ0n) is 16.8. The minimum Gasteiger partial charge on any atom is -0.363 e. The molecule has 3 rings (SSSR count). The lowest BCUT2D eigenvalue weighted by Gasteiger charge is -2.26. The Kier molecular flexibility index (Phi) is 6.61. The van der Waals surface area contributed by atoms with Crippen LogP contribution in [0.25, 0.3) is 0 Å². The van der Waals surface area contributed by atoms with Gasteiger partial charge in [0, 0.05) is 18.9 Å². The average Bonchev–Trinajstić information content (AvgIpc) is 3.02. The SMILES string of the molecule is CC1CC(C(=O)NC(Cc2ccccc2)C(=O)C(N)=O)N(Cc2ccccc2)C1=O. The first-order valence-corrected chi connectivity index (χ1v) is 9.89. The molecule has 1 aliphatic rings. The van der Waals surface area contributed by atoms with E-state index in [9.17, 15) is 19.2 Å². The summed E-state index contributed by atoms with van der Waals surface area (Å²) in [4.78, 5) is 51.1. The van der Waals surface area contributed by atoms with Crippen molar-refractivity contribution in [3.63, 3.8) is 0 Å². The Balaban J connectivity index is 1.78. The van der Waals surface area contributed by atoms with Gasteiger partial charge in [0.25, 0.3) is 5.91 Å². The van der Waals surface area contributed by atoms with Crippen molar-refractivity contribution in [2.24, 2.45) is 11.7 Å². The molecular weight excluding hydrogens is 382 g/mol. The highest BCUT2D eigenvalue weighted by Gasteiger charge is 2.42. The lowest BCUT2D eigenvalue weighted by Crippen LogP contribution is -2.53. The molecule has 3 amide bonds. The molecule has 0 aliphatic carbocycles. The van der Waals surface area contributed by atoms with Crippen LogP contribution >= 0.6 is 0 Å². The van der Waals surface area contributed by atoms with Crippen molar-refractivity contribution in [3.05, 3.63) is 71.8 Å². The lowest BCUT2D eigenvalue weighted by atomic mass is 10.0. The maximum absolute atomic E-state index is 13.1. The Hall–Kier alpha value is -3.48. The molecule has 7 heteroatoms. The van der Waals surface area contributed by atoms with Crippen LogP contribution in [0.3, 0.4) is 0 Å². The van der Waals surface area contributed by atoms with E-state index in [1.54, 1.807) is 19.1 Å². The van der Waals surface area contributed by atoms with Gasteiger partial charge in [-0.25, -0.2) is 0 Å². The van der Waals surface area contributed by atoms with E-state index in [1.165, 1.54) is 4.90 Å². The van der Waals surface area contributed by atoms with Crippen LogP contribution in [0.15, 0.2) is 60.7 Å². The number of carbonyl (C=O) groups is 4. The first-order chi connectivity index (χ1) is 14.4. The van der Waals surface area contributed by atoms with E-state index in [0.717, 1.165) is 11.1 Å². The number of amides is 3. The molecule has 7 nitrogen and oxygen atoms in total. The topological polar surface area (TPSA) is 110 Å². The molecule has 1 aliphatic heterocycles. The van der Waals surface area contributed by atoms with Gasteiger partial charge in [-0.3, -0.25) is 19.2 Å². The van der Waals surface area contributed by atoms with Crippen molar-refractivity contribution in [3.8, 4) is 0 Å². The van der Waals surface area contributed by atoms with Crippen LogP contribution in [0.4, 0.5) is 0 Å². The molecule has 0 saturated carbocycles. The number of hydrogen-bond donors (Lipinski definition) is 2. The average molecular weight is 407 g/mol. The number of nitrogens with two attached hydrogens (primary N) is 1. The van der Waals surface area contributed by atoms with Crippen molar-refractivity contribution >= 4 is 23.5 Å². The predicted molar refractivity (Wildman–Crippen MR) is 111 cm³/mol. The lowest BCUT2D eigenvalue weighted by molar-refractivity contribution is -0.140. The van der Waals surface area contributed by atoms with Gasteiger partial charge >= 0.3 is 0 Å². The quantitative estimate of drug-likeness (QED) is 0.641. The molecule has 0 aromatic heterocycles. The van der Waals surface area contributed by atoms with Gasteiger partial charge in [-0.1, -0.05) is 67.6 Å². The van der Waals surface area contributed by atoms with Gasteiger partial charge in [0.1, 0.15) is 12.1 Å². The fourth-order valence-electron chi connectivity index (χ4n) is 3.72. The number of Topliss-reactive ketones (excluding diaryl/α,β-unsaturated/α-hetero) is 1. The number of hydrogen-bond acceptors (Lipinski definition) is 4. The van der Waals surface area contributed by atoms with Crippen molar-refractivity contribution in [2.45, 2.75) is 38.4 Å². The number of rotatable bonds is 8. The summed E-state index contributed by atoms with van der Waals surface area (Å²) in [6, 6.07) is 16.7. The molecule has 3 atom stereocenters. The van der Waals surface area contributed by atoms with E-state index in [0.29, 0.717) is 13.0 Å². The molecule has 0 spiro atoms. The number of benzene rings is 2. The number of carbonyl (C=O) groups excluding carboxylic acids is 4. The Bertz CT molecular complexity index is 930. The summed E-state index contributed by atoms with van der Waals surface area (Å²) in [5, 5.41) is 2.66. The third-order valence-corrected chi connectivity index (χ3v) is 5.31. The summed E-state index contributed by atoms with van der Waals surface area (Å²) in [5.74, 6) is -2.84. The maximum atomic E-state index is 13.1. The van der Waals surface area contributed by atoms with Crippen LogP contribution in [-0.4, -0.2) is 40.5 Å². The van der Waals surface area contributed by atoms with E-state index >= 15 is 0 Å². The number of likely N-dealkylation sites (tertiary alicyclic amines) is 1. The fraction of sp³-hybridized carbons (Fsp3) is 0.304. The van der Waals surface area contributed by atoms with Gasteiger partial charge < -0.3 is 16.0 Å². The molecule has 2 aromatic rings. The molecule has 3 N–H and O–H groups in total. The molecule has 0 bridgehead atoms. The molecular formula is C23H25N3O4. The molecule has 3 unspecified atom stereocenters. The van der Waals surface area contributed by atoms with Gasteiger partial charge in [0.05, 0.1) is 0 Å². The molecule has 1 heterocycles. The maximum Gasteiger partial charge on any atom is 0.287 e. The highest BCUT2D eigenvalue weighted by atomic mass is 16.2.